The Hall–Kier alpha value is 0.317. The van der Waals surface area contributed by atoms with E-state index in [1.807, 2.05) is 0 Å². The van der Waals surface area contributed by atoms with Crippen molar-refractivity contribution in [2.24, 2.45) is 5.92 Å². The Bertz CT molecular complexity index is 340. The minimum absolute atomic E-state index is 0.0292. The van der Waals surface area contributed by atoms with Crippen molar-refractivity contribution < 1.29 is 4.92 Å². The molecule has 19 heavy (non-hydrogen) atoms. The van der Waals surface area contributed by atoms with Crippen LogP contribution in [0.4, 0.5) is 0 Å². The standard InChI is InChI=1S/C13H25NO2S2Si/c1-19(2,3)13(17-9-6-10-18-13)11-7-4-5-8-12(11)14(15)16/h11-12H,4-10H2,1-3H3/t11-,12-/m1/s1. The van der Waals surface area contributed by atoms with Crippen LogP contribution in [0.1, 0.15) is 32.1 Å². The van der Waals surface area contributed by atoms with E-state index in [1.54, 1.807) is 0 Å². The predicted octanol–water partition coefficient (Wildman–Crippen LogP) is 4.27. The van der Waals surface area contributed by atoms with Gasteiger partial charge in [0.15, 0.2) is 0 Å². The molecular weight excluding hydrogens is 294 g/mol. The molecule has 2 rings (SSSR count). The summed E-state index contributed by atoms with van der Waals surface area (Å²) < 4.78 is 0.170. The first-order valence-electron chi connectivity index (χ1n) is 7.30. The maximum atomic E-state index is 11.5. The molecule has 110 valence electrons. The number of rotatable bonds is 3. The molecule has 2 atom stereocenters. The molecule has 0 N–H and O–H groups in total. The van der Waals surface area contributed by atoms with Crippen molar-refractivity contribution >= 4 is 31.6 Å². The summed E-state index contributed by atoms with van der Waals surface area (Å²) in [5.74, 6) is 2.68. The smallest absolute Gasteiger partial charge is 0.217 e. The lowest BCUT2D eigenvalue weighted by atomic mass is 9.85. The minimum atomic E-state index is -1.46. The molecule has 0 spiro atoms. The largest absolute Gasteiger partial charge is 0.264 e. The van der Waals surface area contributed by atoms with Crippen LogP contribution in [0.3, 0.4) is 0 Å². The van der Waals surface area contributed by atoms with Crippen molar-refractivity contribution in [1.29, 1.82) is 0 Å². The first-order chi connectivity index (χ1) is 8.88. The number of hydrogen-bond acceptors (Lipinski definition) is 4. The Morgan fingerprint density at radius 3 is 2.21 bits per heavy atom. The Morgan fingerprint density at radius 2 is 1.68 bits per heavy atom. The molecule has 1 saturated heterocycles. The molecule has 2 fully saturated rings. The average molecular weight is 320 g/mol. The monoisotopic (exact) mass is 319 g/mol. The lowest BCUT2D eigenvalue weighted by Crippen LogP contribution is -2.58. The summed E-state index contributed by atoms with van der Waals surface area (Å²) in [5, 5.41) is 11.5. The van der Waals surface area contributed by atoms with Crippen molar-refractivity contribution in [3.05, 3.63) is 10.1 Å². The first kappa shape index (κ1) is 15.7. The van der Waals surface area contributed by atoms with Gasteiger partial charge in [0.1, 0.15) is 0 Å². The molecule has 0 aromatic heterocycles. The molecule has 0 aromatic carbocycles. The number of thioether (sulfide) groups is 2. The quantitative estimate of drug-likeness (QED) is 0.443. The zero-order valence-electron chi connectivity index (χ0n) is 12.2. The fourth-order valence-corrected chi connectivity index (χ4v) is 12.3. The lowest BCUT2D eigenvalue weighted by molar-refractivity contribution is -0.535. The van der Waals surface area contributed by atoms with E-state index in [0.29, 0.717) is 5.92 Å². The molecule has 1 saturated carbocycles. The van der Waals surface area contributed by atoms with Crippen molar-refractivity contribution in [2.45, 2.75) is 61.5 Å². The third kappa shape index (κ3) is 3.00. The molecule has 1 aliphatic heterocycles. The Kier molecular flexibility index (Phi) is 4.94. The average Bonchev–Trinajstić information content (AvgIpc) is 2.38. The Labute approximate surface area is 125 Å². The van der Waals surface area contributed by atoms with Gasteiger partial charge in [-0.1, -0.05) is 26.1 Å². The van der Waals surface area contributed by atoms with Gasteiger partial charge in [-0.05, 0) is 30.8 Å². The maximum absolute atomic E-state index is 11.5. The highest BCUT2D eigenvalue weighted by Crippen LogP contribution is 2.56. The van der Waals surface area contributed by atoms with Crippen LogP contribution >= 0.6 is 23.5 Å². The van der Waals surface area contributed by atoms with E-state index < -0.39 is 8.07 Å². The highest BCUT2D eigenvalue weighted by atomic mass is 32.2. The Balaban J connectivity index is 2.33. The van der Waals surface area contributed by atoms with Crippen molar-refractivity contribution in [3.8, 4) is 0 Å². The van der Waals surface area contributed by atoms with E-state index >= 15 is 0 Å². The van der Waals surface area contributed by atoms with Crippen molar-refractivity contribution in [3.63, 3.8) is 0 Å². The molecule has 0 amide bonds. The predicted molar refractivity (Wildman–Crippen MR) is 88.4 cm³/mol. The van der Waals surface area contributed by atoms with Gasteiger partial charge in [0.05, 0.1) is 11.8 Å². The van der Waals surface area contributed by atoms with Gasteiger partial charge >= 0.3 is 0 Å². The zero-order chi connectivity index (χ0) is 14.1. The fourth-order valence-electron chi connectivity index (χ4n) is 3.56. The second-order valence-electron chi connectivity index (χ2n) is 6.71. The van der Waals surface area contributed by atoms with Crippen molar-refractivity contribution in [2.75, 3.05) is 11.5 Å². The first-order valence-corrected chi connectivity index (χ1v) is 12.8. The van der Waals surface area contributed by atoms with Gasteiger partial charge in [-0.25, -0.2) is 0 Å². The molecule has 2 aliphatic rings. The summed E-state index contributed by atoms with van der Waals surface area (Å²) >= 11 is 4.13. The van der Waals surface area contributed by atoms with E-state index in [-0.39, 0.29) is 14.7 Å². The van der Waals surface area contributed by atoms with Crippen LogP contribution in [0.15, 0.2) is 0 Å². The topological polar surface area (TPSA) is 43.1 Å². The van der Waals surface area contributed by atoms with Gasteiger partial charge in [0, 0.05) is 17.3 Å². The minimum Gasteiger partial charge on any atom is -0.264 e. The van der Waals surface area contributed by atoms with Gasteiger partial charge in [-0.2, -0.15) is 0 Å². The number of hydrogen-bond donors (Lipinski definition) is 0. The summed E-state index contributed by atoms with van der Waals surface area (Å²) in [7, 11) is -1.46. The van der Waals surface area contributed by atoms with Crippen LogP contribution in [-0.2, 0) is 0 Å². The molecule has 0 unspecified atom stereocenters. The third-order valence-corrected chi connectivity index (χ3v) is 14.6. The molecule has 3 nitrogen and oxygen atoms in total. The fraction of sp³-hybridized carbons (Fsp3) is 1.00. The SMILES string of the molecule is C[Si](C)(C)C1([C@@H]2CCCC[C@H]2[N+](=O)[O-])SCCCS1. The van der Waals surface area contributed by atoms with Gasteiger partial charge in [-0.3, -0.25) is 10.1 Å². The van der Waals surface area contributed by atoms with Gasteiger partial charge < -0.3 is 0 Å². The van der Waals surface area contributed by atoms with Crippen LogP contribution in [0, 0.1) is 16.0 Å². The second kappa shape index (κ2) is 5.98. The van der Waals surface area contributed by atoms with Crippen LogP contribution in [0.2, 0.25) is 19.6 Å². The number of nitrogens with zero attached hydrogens (tertiary/aromatic N) is 1. The summed E-state index contributed by atoms with van der Waals surface area (Å²) in [5.41, 5.74) is 0. The Morgan fingerprint density at radius 1 is 1.11 bits per heavy atom. The van der Waals surface area contributed by atoms with E-state index in [4.69, 9.17) is 0 Å². The lowest BCUT2D eigenvalue weighted by Gasteiger charge is -2.51. The zero-order valence-corrected chi connectivity index (χ0v) is 14.8. The highest BCUT2D eigenvalue weighted by molar-refractivity contribution is 8.21. The number of nitro groups is 1. The van der Waals surface area contributed by atoms with Gasteiger partial charge in [-0.15, -0.1) is 23.5 Å². The van der Waals surface area contributed by atoms with E-state index in [0.717, 1.165) is 19.3 Å². The normalized spacial score (nSPS) is 31.9. The van der Waals surface area contributed by atoms with E-state index in [2.05, 4.69) is 43.2 Å². The molecule has 0 radical (unpaired) electrons. The second-order valence-corrected chi connectivity index (χ2v) is 15.7. The molecular formula is C13H25NO2S2Si. The third-order valence-electron chi connectivity index (χ3n) is 4.46. The summed E-state index contributed by atoms with van der Waals surface area (Å²) in [6.07, 6.45) is 5.35. The van der Waals surface area contributed by atoms with Crippen LogP contribution in [0.25, 0.3) is 0 Å². The van der Waals surface area contributed by atoms with Crippen LogP contribution in [-0.4, -0.2) is 34.2 Å². The molecule has 0 bridgehead atoms. The molecule has 1 aliphatic carbocycles. The van der Waals surface area contributed by atoms with Crippen molar-refractivity contribution in [1.82, 2.24) is 0 Å². The maximum Gasteiger partial charge on any atom is 0.217 e. The highest BCUT2D eigenvalue weighted by Gasteiger charge is 2.56. The molecule has 6 heteroatoms. The summed E-state index contributed by atoms with van der Waals surface area (Å²) in [6.45, 7) is 7.22. The van der Waals surface area contributed by atoms with Crippen LogP contribution < -0.4 is 0 Å². The van der Waals surface area contributed by atoms with E-state index in [1.165, 1.54) is 24.3 Å². The van der Waals surface area contributed by atoms with Gasteiger partial charge in [0.25, 0.3) is 0 Å². The molecule has 1 heterocycles. The van der Waals surface area contributed by atoms with Gasteiger partial charge in [0.2, 0.25) is 6.04 Å². The van der Waals surface area contributed by atoms with Crippen LogP contribution in [0.5, 0.6) is 0 Å². The summed E-state index contributed by atoms with van der Waals surface area (Å²) in [6, 6.07) is -0.293. The van der Waals surface area contributed by atoms with E-state index in [9.17, 15) is 10.1 Å². The summed E-state index contributed by atoms with van der Waals surface area (Å²) in [4.78, 5) is 11.5. The molecule has 0 aromatic rings.